The zero-order chi connectivity index (χ0) is 14.5. The molecule has 2 aromatic carbocycles. The summed E-state index contributed by atoms with van der Waals surface area (Å²) in [7, 11) is 4.05. The predicted molar refractivity (Wildman–Crippen MR) is 85.8 cm³/mol. The second kappa shape index (κ2) is 6.78. The Bertz CT molecular complexity index is 534. The van der Waals surface area contributed by atoms with Gasteiger partial charge in [0, 0.05) is 30.7 Å². The SMILES string of the molecule is CN(C)c1ccc(CC(CO)c2ccc(Cl)cc2)cc1. The highest BCUT2D eigenvalue weighted by Crippen LogP contribution is 2.23. The molecule has 2 rings (SSSR count). The Morgan fingerprint density at radius 3 is 2.10 bits per heavy atom. The van der Waals surface area contributed by atoms with Crippen molar-refractivity contribution >= 4 is 17.3 Å². The van der Waals surface area contributed by atoms with Crippen molar-refractivity contribution in [2.24, 2.45) is 0 Å². The van der Waals surface area contributed by atoms with E-state index in [1.54, 1.807) is 0 Å². The highest BCUT2D eigenvalue weighted by Gasteiger charge is 2.11. The van der Waals surface area contributed by atoms with E-state index in [9.17, 15) is 5.11 Å². The summed E-state index contributed by atoms with van der Waals surface area (Å²) in [6.07, 6.45) is 0.825. The zero-order valence-corrected chi connectivity index (χ0v) is 12.6. The number of aliphatic hydroxyl groups is 1. The van der Waals surface area contributed by atoms with Crippen molar-refractivity contribution in [1.29, 1.82) is 0 Å². The molecule has 0 aliphatic rings. The molecule has 0 saturated carbocycles. The van der Waals surface area contributed by atoms with Crippen molar-refractivity contribution in [2.75, 3.05) is 25.6 Å². The van der Waals surface area contributed by atoms with Gasteiger partial charge < -0.3 is 10.0 Å². The van der Waals surface area contributed by atoms with Crippen molar-refractivity contribution < 1.29 is 5.11 Å². The number of nitrogens with zero attached hydrogens (tertiary/aromatic N) is 1. The minimum Gasteiger partial charge on any atom is -0.396 e. The summed E-state index contributed by atoms with van der Waals surface area (Å²) in [6, 6.07) is 16.2. The minimum absolute atomic E-state index is 0.109. The average molecular weight is 290 g/mol. The van der Waals surface area contributed by atoms with Crippen molar-refractivity contribution in [3.63, 3.8) is 0 Å². The third-order valence-electron chi connectivity index (χ3n) is 3.50. The van der Waals surface area contributed by atoms with Gasteiger partial charge in [0.25, 0.3) is 0 Å². The second-order valence-electron chi connectivity index (χ2n) is 5.20. The molecule has 3 heteroatoms. The van der Waals surface area contributed by atoms with Crippen LogP contribution in [0, 0.1) is 0 Å². The van der Waals surface area contributed by atoms with Gasteiger partial charge in [0.1, 0.15) is 0 Å². The van der Waals surface area contributed by atoms with Crippen LogP contribution in [0.25, 0.3) is 0 Å². The Balaban J connectivity index is 2.11. The smallest absolute Gasteiger partial charge is 0.0502 e. The van der Waals surface area contributed by atoms with Crippen LogP contribution in [-0.4, -0.2) is 25.8 Å². The minimum atomic E-state index is 0.109. The van der Waals surface area contributed by atoms with Gasteiger partial charge in [0.15, 0.2) is 0 Å². The van der Waals surface area contributed by atoms with Gasteiger partial charge in [-0.05, 0) is 41.8 Å². The number of hydrogen-bond acceptors (Lipinski definition) is 2. The molecule has 106 valence electrons. The van der Waals surface area contributed by atoms with E-state index in [1.807, 2.05) is 38.4 Å². The van der Waals surface area contributed by atoms with Crippen LogP contribution in [0.2, 0.25) is 5.02 Å². The fraction of sp³-hybridized carbons (Fsp3) is 0.294. The molecule has 20 heavy (non-hydrogen) atoms. The molecule has 0 aromatic heterocycles. The number of anilines is 1. The van der Waals surface area contributed by atoms with E-state index in [2.05, 4.69) is 29.2 Å². The number of halogens is 1. The largest absolute Gasteiger partial charge is 0.396 e. The van der Waals surface area contributed by atoms with Gasteiger partial charge in [-0.25, -0.2) is 0 Å². The molecular formula is C17H20ClNO. The molecule has 2 nitrogen and oxygen atoms in total. The second-order valence-corrected chi connectivity index (χ2v) is 5.63. The quantitative estimate of drug-likeness (QED) is 0.907. The van der Waals surface area contributed by atoms with Crippen LogP contribution in [0.4, 0.5) is 5.69 Å². The molecule has 0 heterocycles. The monoisotopic (exact) mass is 289 g/mol. The number of hydrogen-bond donors (Lipinski definition) is 1. The average Bonchev–Trinajstić information content (AvgIpc) is 2.46. The molecule has 0 fully saturated rings. The fourth-order valence-corrected chi connectivity index (χ4v) is 2.36. The Morgan fingerprint density at radius 2 is 1.60 bits per heavy atom. The van der Waals surface area contributed by atoms with Crippen molar-refractivity contribution in [3.8, 4) is 0 Å². The Kier molecular flexibility index (Phi) is 5.05. The summed E-state index contributed by atoms with van der Waals surface area (Å²) in [5.41, 5.74) is 3.53. The molecule has 2 aromatic rings. The summed E-state index contributed by atoms with van der Waals surface area (Å²) in [4.78, 5) is 2.08. The summed E-state index contributed by atoms with van der Waals surface area (Å²) in [5.74, 6) is 0.109. The molecule has 0 aliphatic carbocycles. The summed E-state index contributed by atoms with van der Waals surface area (Å²) < 4.78 is 0. The van der Waals surface area contributed by atoms with E-state index in [-0.39, 0.29) is 12.5 Å². The zero-order valence-electron chi connectivity index (χ0n) is 11.9. The predicted octanol–water partition coefficient (Wildman–Crippen LogP) is 3.72. The molecule has 0 radical (unpaired) electrons. The fourth-order valence-electron chi connectivity index (χ4n) is 2.24. The summed E-state index contributed by atoms with van der Waals surface area (Å²) in [5, 5.41) is 10.3. The highest BCUT2D eigenvalue weighted by molar-refractivity contribution is 6.30. The first-order valence-electron chi connectivity index (χ1n) is 6.72. The van der Waals surface area contributed by atoms with Gasteiger partial charge in [0.05, 0.1) is 6.61 Å². The van der Waals surface area contributed by atoms with Crippen LogP contribution in [0.1, 0.15) is 17.0 Å². The maximum Gasteiger partial charge on any atom is 0.0502 e. The van der Waals surface area contributed by atoms with Crippen LogP contribution >= 0.6 is 11.6 Å². The van der Waals surface area contributed by atoms with Gasteiger partial charge >= 0.3 is 0 Å². The maximum absolute atomic E-state index is 9.61. The summed E-state index contributed by atoms with van der Waals surface area (Å²) in [6.45, 7) is 0.136. The Hall–Kier alpha value is -1.51. The van der Waals surface area contributed by atoms with Crippen LogP contribution < -0.4 is 4.90 Å². The molecule has 1 unspecified atom stereocenters. The Labute approximate surface area is 125 Å². The van der Waals surface area contributed by atoms with Crippen LogP contribution in [-0.2, 0) is 6.42 Å². The molecular weight excluding hydrogens is 270 g/mol. The maximum atomic E-state index is 9.61. The van der Waals surface area contributed by atoms with E-state index >= 15 is 0 Å². The first-order chi connectivity index (χ1) is 9.60. The lowest BCUT2D eigenvalue weighted by atomic mass is 9.92. The summed E-state index contributed by atoms with van der Waals surface area (Å²) >= 11 is 5.90. The normalized spacial score (nSPS) is 12.2. The molecule has 0 aliphatic heterocycles. The van der Waals surface area contributed by atoms with Crippen molar-refractivity contribution in [2.45, 2.75) is 12.3 Å². The topological polar surface area (TPSA) is 23.5 Å². The first-order valence-corrected chi connectivity index (χ1v) is 7.10. The molecule has 1 N–H and O–H groups in total. The lowest BCUT2D eigenvalue weighted by Gasteiger charge is -2.16. The van der Waals surface area contributed by atoms with Gasteiger partial charge in [-0.2, -0.15) is 0 Å². The van der Waals surface area contributed by atoms with E-state index in [0.29, 0.717) is 0 Å². The van der Waals surface area contributed by atoms with Gasteiger partial charge in [0.2, 0.25) is 0 Å². The Morgan fingerprint density at radius 1 is 1.00 bits per heavy atom. The number of rotatable bonds is 5. The molecule has 0 saturated heterocycles. The van der Waals surface area contributed by atoms with E-state index < -0.39 is 0 Å². The van der Waals surface area contributed by atoms with Crippen molar-refractivity contribution in [1.82, 2.24) is 0 Å². The molecule has 0 amide bonds. The van der Waals surface area contributed by atoms with Gasteiger partial charge in [-0.15, -0.1) is 0 Å². The molecule has 0 spiro atoms. The molecule has 0 bridgehead atoms. The highest BCUT2D eigenvalue weighted by atomic mass is 35.5. The van der Waals surface area contributed by atoms with Gasteiger partial charge in [-0.1, -0.05) is 35.9 Å². The molecule has 1 atom stereocenters. The van der Waals surface area contributed by atoms with E-state index in [4.69, 9.17) is 11.6 Å². The third kappa shape index (κ3) is 3.75. The van der Waals surface area contributed by atoms with E-state index in [0.717, 1.165) is 17.0 Å². The van der Waals surface area contributed by atoms with Crippen molar-refractivity contribution in [3.05, 3.63) is 64.7 Å². The number of aliphatic hydroxyl groups excluding tert-OH is 1. The standard InChI is InChI=1S/C17H20ClNO/c1-19(2)17-9-3-13(4-10-17)11-15(12-20)14-5-7-16(18)8-6-14/h3-10,15,20H,11-12H2,1-2H3. The lowest BCUT2D eigenvalue weighted by Crippen LogP contribution is -2.10. The first kappa shape index (κ1) is 14.9. The van der Waals surface area contributed by atoms with Crippen LogP contribution in [0.15, 0.2) is 48.5 Å². The van der Waals surface area contributed by atoms with Gasteiger partial charge in [-0.3, -0.25) is 0 Å². The van der Waals surface area contributed by atoms with E-state index in [1.165, 1.54) is 11.3 Å². The van der Waals surface area contributed by atoms with Crippen LogP contribution in [0.5, 0.6) is 0 Å². The number of benzene rings is 2. The lowest BCUT2D eigenvalue weighted by molar-refractivity contribution is 0.264. The third-order valence-corrected chi connectivity index (χ3v) is 3.75. The van der Waals surface area contributed by atoms with Crippen LogP contribution in [0.3, 0.4) is 0 Å².